The Bertz CT molecular complexity index is 1260. The smallest absolute Gasteiger partial charge is 0.416 e. The van der Waals surface area contributed by atoms with Crippen molar-refractivity contribution in [3.05, 3.63) is 70.9 Å². The van der Waals surface area contributed by atoms with Crippen molar-refractivity contribution >= 4 is 28.2 Å². The fourth-order valence-electron chi connectivity index (χ4n) is 3.32. The first-order valence-corrected chi connectivity index (χ1v) is 10.5. The number of fused-ring (bicyclic) bond motifs is 1. The Hall–Kier alpha value is -3.33. The van der Waals surface area contributed by atoms with Crippen LogP contribution in [0.2, 0.25) is 0 Å². The summed E-state index contributed by atoms with van der Waals surface area (Å²) in [5.41, 5.74) is 1.59. The molecule has 0 bridgehead atoms. The van der Waals surface area contributed by atoms with Gasteiger partial charge in [0.2, 0.25) is 0 Å². The van der Waals surface area contributed by atoms with Crippen LogP contribution in [-0.2, 0) is 22.3 Å². The molecule has 0 aliphatic heterocycles. The zero-order chi connectivity index (χ0) is 22.9. The molecule has 0 saturated carbocycles. The van der Waals surface area contributed by atoms with Gasteiger partial charge in [-0.2, -0.15) is 13.2 Å². The number of thiazole rings is 1. The molecule has 0 fully saturated rings. The number of rotatable bonds is 6. The molecule has 0 saturated heterocycles. The molecule has 0 aliphatic carbocycles. The summed E-state index contributed by atoms with van der Waals surface area (Å²) >= 11 is 1.43. The number of benzene rings is 2. The highest BCUT2D eigenvalue weighted by molar-refractivity contribution is 7.15. The number of hydrogen-bond donors (Lipinski definition) is 0. The van der Waals surface area contributed by atoms with Crippen molar-refractivity contribution in [2.24, 2.45) is 0 Å². The lowest BCUT2D eigenvalue weighted by atomic mass is 10.1. The van der Waals surface area contributed by atoms with Crippen LogP contribution < -0.4 is 4.74 Å². The quantitative estimate of drug-likeness (QED) is 0.347. The Morgan fingerprint density at radius 1 is 1.12 bits per heavy atom. The van der Waals surface area contributed by atoms with Gasteiger partial charge in [-0.25, -0.2) is 9.78 Å². The predicted molar refractivity (Wildman–Crippen MR) is 116 cm³/mol. The summed E-state index contributed by atoms with van der Waals surface area (Å²) in [6.07, 6.45) is -2.45. The normalized spacial score (nSPS) is 11.7. The molecule has 0 spiro atoms. The molecular formula is C23H19F3N2O3S. The van der Waals surface area contributed by atoms with E-state index >= 15 is 0 Å². The van der Waals surface area contributed by atoms with Crippen molar-refractivity contribution in [3.63, 3.8) is 0 Å². The summed E-state index contributed by atoms with van der Waals surface area (Å²) in [6.45, 7) is 2.18. The predicted octanol–water partition coefficient (Wildman–Crippen LogP) is 5.69. The third-order valence-corrected chi connectivity index (χ3v) is 6.18. The van der Waals surface area contributed by atoms with Gasteiger partial charge in [0.1, 0.15) is 10.8 Å². The second-order valence-corrected chi connectivity index (χ2v) is 8.19. The van der Waals surface area contributed by atoms with Crippen LogP contribution in [0.25, 0.3) is 21.5 Å². The first-order chi connectivity index (χ1) is 15.3. The number of aryl methyl sites for hydroxylation is 1. The van der Waals surface area contributed by atoms with Crippen LogP contribution >= 0.6 is 11.3 Å². The monoisotopic (exact) mass is 460 g/mol. The topological polar surface area (TPSA) is 53.4 Å². The molecule has 2 aromatic heterocycles. The Morgan fingerprint density at radius 2 is 1.88 bits per heavy atom. The maximum atomic E-state index is 12.8. The fraction of sp³-hybridized carbons (Fsp3) is 0.217. The third kappa shape index (κ3) is 4.47. The molecule has 0 unspecified atom stereocenters. The Kier molecular flexibility index (Phi) is 5.92. The molecule has 5 nitrogen and oxygen atoms in total. The highest BCUT2D eigenvalue weighted by atomic mass is 32.1. The molecule has 0 N–H and O–H groups in total. The van der Waals surface area contributed by atoms with Crippen molar-refractivity contribution in [2.75, 3.05) is 13.7 Å². The maximum Gasteiger partial charge on any atom is 0.416 e. The first-order valence-electron chi connectivity index (χ1n) is 9.67. The van der Waals surface area contributed by atoms with Crippen molar-refractivity contribution in [1.29, 1.82) is 0 Å². The number of ether oxygens (including phenoxy) is 2. The van der Waals surface area contributed by atoms with E-state index in [4.69, 9.17) is 4.74 Å². The highest BCUT2D eigenvalue weighted by Crippen LogP contribution is 2.34. The molecule has 0 atom stereocenters. The minimum Gasteiger partial charge on any atom is -0.480 e. The standard InChI is InChI=1S/C23H19F3N2O3S/c1-14-19(32-22(27-14)16-6-8-17(9-7-16)23(24,25)26)12-28-11-10-15-4-3-5-18(21(15)28)31-13-20(29)30-2/h3-11H,12-13H2,1-2H3. The Balaban J connectivity index is 1.61. The van der Waals surface area contributed by atoms with Gasteiger partial charge in [0.15, 0.2) is 6.61 Å². The van der Waals surface area contributed by atoms with Crippen LogP contribution in [0.3, 0.4) is 0 Å². The number of hydrogen-bond acceptors (Lipinski definition) is 5. The number of halogens is 3. The molecule has 32 heavy (non-hydrogen) atoms. The fourth-order valence-corrected chi connectivity index (χ4v) is 4.39. The number of nitrogens with zero attached hydrogens (tertiary/aromatic N) is 2. The average molecular weight is 460 g/mol. The van der Waals surface area contributed by atoms with Gasteiger partial charge in [-0.15, -0.1) is 11.3 Å². The number of para-hydroxylation sites is 1. The first kappa shape index (κ1) is 21.9. The summed E-state index contributed by atoms with van der Waals surface area (Å²) < 4.78 is 50.8. The summed E-state index contributed by atoms with van der Waals surface area (Å²) in [7, 11) is 1.30. The van der Waals surface area contributed by atoms with Crippen LogP contribution in [-0.4, -0.2) is 29.2 Å². The minimum absolute atomic E-state index is 0.196. The van der Waals surface area contributed by atoms with Gasteiger partial charge in [-0.3, -0.25) is 0 Å². The zero-order valence-corrected chi connectivity index (χ0v) is 18.1. The Morgan fingerprint density at radius 3 is 2.56 bits per heavy atom. The number of carbonyl (C=O) groups is 1. The summed E-state index contributed by atoms with van der Waals surface area (Å²) in [4.78, 5) is 17.0. The molecular weight excluding hydrogens is 441 g/mol. The maximum absolute atomic E-state index is 12.8. The Labute approximate surface area is 186 Å². The molecule has 4 aromatic rings. The van der Waals surface area contributed by atoms with Crippen molar-refractivity contribution in [3.8, 4) is 16.3 Å². The molecule has 2 aromatic carbocycles. The van der Waals surface area contributed by atoms with Gasteiger partial charge in [0, 0.05) is 22.0 Å². The van der Waals surface area contributed by atoms with Crippen molar-refractivity contribution < 1.29 is 27.4 Å². The van der Waals surface area contributed by atoms with E-state index in [1.165, 1.54) is 30.6 Å². The molecule has 4 rings (SSSR count). The second-order valence-electron chi connectivity index (χ2n) is 7.11. The lowest BCUT2D eigenvalue weighted by molar-refractivity contribution is -0.143. The molecule has 9 heteroatoms. The van der Waals surface area contributed by atoms with E-state index in [1.54, 1.807) is 6.07 Å². The van der Waals surface area contributed by atoms with Crippen molar-refractivity contribution in [1.82, 2.24) is 9.55 Å². The summed E-state index contributed by atoms with van der Waals surface area (Å²) in [5, 5.41) is 1.61. The molecule has 0 amide bonds. The molecule has 0 aliphatic rings. The lowest BCUT2D eigenvalue weighted by Gasteiger charge is -2.10. The average Bonchev–Trinajstić information content (AvgIpc) is 3.35. The number of alkyl halides is 3. The summed E-state index contributed by atoms with van der Waals surface area (Å²) in [6, 6.07) is 12.5. The lowest BCUT2D eigenvalue weighted by Crippen LogP contribution is -2.13. The van der Waals surface area contributed by atoms with Crippen LogP contribution in [0, 0.1) is 6.92 Å². The van der Waals surface area contributed by atoms with E-state index in [-0.39, 0.29) is 6.61 Å². The van der Waals surface area contributed by atoms with Crippen LogP contribution in [0.1, 0.15) is 16.1 Å². The van der Waals surface area contributed by atoms with E-state index < -0.39 is 17.7 Å². The minimum atomic E-state index is -4.37. The zero-order valence-electron chi connectivity index (χ0n) is 17.3. The molecule has 166 valence electrons. The number of aromatic nitrogens is 2. The van der Waals surface area contributed by atoms with Crippen molar-refractivity contribution in [2.45, 2.75) is 19.6 Å². The van der Waals surface area contributed by atoms with Gasteiger partial charge in [0.25, 0.3) is 0 Å². The molecule has 2 heterocycles. The van der Waals surface area contributed by atoms with Gasteiger partial charge in [-0.1, -0.05) is 24.3 Å². The van der Waals surface area contributed by atoms with E-state index in [0.717, 1.165) is 33.6 Å². The number of carbonyl (C=O) groups excluding carboxylic acids is 1. The third-order valence-electron chi connectivity index (χ3n) is 4.99. The van der Waals surface area contributed by atoms with Crippen LogP contribution in [0.5, 0.6) is 5.75 Å². The largest absolute Gasteiger partial charge is 0.480 e. The molecule has 0 radical (unpaired) electrons. The van der Waals surface area contributed by atoms with Gasteiger partial charge >= 0.3 is 12.1 Å². The number of esters is 1. The summed E-state index contributed by atoms with van der Waals surface area (Å²) in [5.74, 6) is 0.0858. The number of methoxy groups -OCH3 is 1. The van der Waals surface area contributed by atoms with Gasteiger partial charge in [0.05, 0.1) is 30.4 Å². The van der Waals surface area contributed by atoms with E-state index in [9.17, 15) is 18.0 Å². The van der Waals surface area contributed by atoms with Crippen LogP contribution in [0.15, 0.2) is 54.7 Å². The van der Waals surface area contributed by atoms with E-state index in [2.05, 4.69) is 9.72 Å². The van der Waals surface area contributed by atoms with E-state index in [1.807, 2.05) is 35.9 Å². The van der Waals surface area contributed by atoms with Gasteiger partial charge in [-0.05, 0) is 31.2 Å². The SMILES string of the molecule is COC(=O)COc1cccc2ccn(Cc3sc(-c4ccc(C(F)(F)F)cc4)nc3C)c12. The van der Waals surface area contributed by atoms with Gasteiger partial charge < -0.3 is 14.0 Å². The second kappa shape index (κ2) is 8.66. The highest BCUT2D eigenvalue weighted by Gasteiger charge is 2.30. The van der Waals surface area contributed by atoms with E-state index in [0.29, 0.717) is 22.9 Å². The van der Waals surface area contributed by atoms with Crippen LogP contribution in [0.4, 0.5) is 13.2 Å².